The number of hydrogen-bond acceptors (Lipinski definition) is 4. The minimum absolute atomic E-state index is 0.0634. The molecule has 1 aliphatic heterocycles. The van der Waals surface area contributed by atoms with Gasteiger partial charge in [0.25, 0.3) is 0 Å². The van der Waals surface area contributed by atoms with Crippen molar-refractivity contribution >= 4 is 17.4 Å². The normalized spacial score (nSPS) is 16.4. The van der Waals surface area contributed by atoms with Crippen LogP contribution in [0.1, 0.15) is 19.3 Å². The molecule has 6 heteroatoms. The lowest BCUT2D eigenvalue weighted by Crippen LogP contribution is -2.22. The van der Waals surface area contributed by atoms with E-state index < -0.39 is 5.82 Å². The van der Waals surface area contributed by atoms with Crippen LogP contribution < -0.4 is 5.32 Å². The molecule has 1 fully saturated rings. The van der Waals surface area contributed by atoms with Gasteiger partial charge in [-0.25, -0.2) is 9.37 Å². The summed E-state index contributed by atoms with van der Waals surface area (Å²) >= 11 is 5.60. The van der Waals surface area contributed by atoms with E-state index in [4.69, 9.17) is 11.6 Å². The second-order valence-electron chi connectivity index (χ2n) is 4.16. The van der Waals surface area contributed by atoms with Gasteiger partial charge in [0.1, 0.15) is 0 Å². The fourth-order valence-electron chi connectivity index (χ4n) is 1.99. The molecular formula is C11H16ClFN4. The number of aromatic nitrogens is 2. The van der Waals surface area contributed by atoms with Crippen LogP contribution in [-0.2, 0) is 0 Å². The molecular weight excluding hydrogens is 243 g/mol. The van der Waals surface area contributed by atoms with E-state index in [0.717, 1.165) is 19.2 Å². The van der Waals surface area contributed by atoms with E-state index in [9.17, 15) is 4.39 Å². The number of nitrogens with one attached hydrogen (secondary N) is 1. The number of halogens is 2. The standard InChI is InChI=1S/C11H16ClFN4/c12-11-15-8-9(13)10(16-11)14-4-3-7-17-5-1-2-6-17/h8H,1-7H2,(H,14,15,16). The highest BCUT2D eigenvalue weighted by atomic mass is 35.5. The average Bonchev–Trinajstić information content (AvgIpc) is 2.82. The van der Waals surface area contributed by atoms with Crippen molar-refractivity contribution in [2.24, 2.45) is 0 Å². The summed E-state index contributed by atoms with van der Waals surface area (Å²) in [6.07, 6.45) is 4.65. The minimum atomic E-state index is -0.462. The van der Waals surface area contributed by atoms with Crippen molar-refractivity contribution in [2.45, 2.75) is 19.3 Å². The average molecular weight is 259 g/mol. The predicted molar refractivity (Wildman–Crippen MR) is 65.8 cm³/mol. The first-order valence-electron chi connectivity index (χ1n) is 5.90. The molecule has 1 aliphatic rings. The third-order valence-corrected chi connectivity index (χ3v) is 3.04. The largest absolute Gasteiger partial charge is 0.367 e. The highest BCUT2D eigenvalue weighted by Gasteiger charge is 2.10. The van der Waals surface area contributed by atoms with Gasteiger partial charge in [-0.15, -0.1) is 0 Å². The van der Waals surface area contributed by atoms with Crippen molar-refractivity contribution in [1.82, 2.24) is 14.9 Å². The first kappa shape index (κ1) is 12.5. The molecule has 0 unspecified atom stereocenters. The summed E-state index contributed by atoms with van der Waals surface area (Å²) in [5.41, 5.74) is 0. The monoisotopic (exact) mass is 258 g/mol. The van der Waals surface area contributed by atoms with Crippen LogP contribution in [0.15, 0.2) is 6.20 Å². The molecule has 0 bridgehead atoms. The molecule has 1 aromatic heterocycles. The molecule has 0 atom stereocenters. The molecule has 0 aliphatic carbocycles. The summed E-state index contributed by atoms with van der Waals surface area (Å²) in [4.78, 5) is 9.78. The highest BCUT2D eigenvalue weighted by molar-refractivity contribution is 6.28. The molecule has 94 valence electrons. The molecule has 0 spiro atoms. The summed E-state index contributed by atoms with van der Waals surface area (Å²) in [7, 11) is 0. The molecule has 0 aromatic carbocycles. The molecule has 0 amide bonds. The molecule has 1 N–H and O–H groups in total. The lowest BCUT2D eigenvalue weighted by atomic mass is 10.4. The zero-order valence-corrected chi connectivity index (χ0v) is 10.4. The third kappa shape index (κ3) is 3.78. The maximum absolute atomic E-state index is 13.2. The molecule has 2 heterocycles. The zero-order chi connectivity index (χ0) is 12.1. The number of anilines is 1. The Balaban J connectivity index is 1.72. The smallest absolute Gasteiger partial charge is 0.224 e. The maximum Gasteiger partial charge on any atom is 0.224 e. The van der Waals surface area contributed by atoms with Crippen LogP contribution in [0.3, 0.4) is 0 Å². The second kappa shape index (κ2) is 6.12. The quantitative estimate of drug-likeness (QED) is 0.649. The molecule has 4 nitrogen and oxygen atoms in total. The first-order chi connectivity index (χ1) is 8.25. The third-order valence-electron chi connectivity index (χ3n) is 2.86. The van der Waals surface area contributed by atoms with Crippen LogP contribution in [0.25, 0.3) is 0 Å². The van der Waals surface area contributed by atoms with Gasteiger partial charge in [0.2, 0.25) is 5.28 Å². The van der Waals surface area contributed by atoms with Gasteiger partial charge in [0, 0.05) is 6.54 Å². The first-order valence-corrected chi connectivity index (χ1v) is 6.28. The van der Waals surface area contributed by atoms with E-state index in [1.54, 1.807) is 0 Å². The highest BCUT2D eigenvalue weighted by Crippen LogP contribution is 2.12. The van der Waals surface area contributed by atoms with Gasteiger partial charge in [0.15, 0.2) is 11.6 Å². The van der Waals surface area contributed by atoms with Crippen LogP contribution in [-0.4, -0.2) is 41.0 Å². The van der Waals surface area contributed by atoms with Crippen molar-refractivity contribution in [3.8, 4) is 0 Å². The summed E-state index contributed by atoms with van der Waals surface area (Å²) in [6.45, 7) is 4.12. The fraction of sp³-hybridized carbons (Fsp3) is 0.636. The number of hydrogen-bond donors (Lipinski definition) is 1. The predicted octanol–water partition coefficient (Wildman–Crippen LogP) is 2.17. The Morgan fingerprint density at radius 1 is 1.41 bits per heavy atom. The van der Waals surface area contributed by atoms with Gasteiger partial charge in [-0.1, -0.05) is 0 Å². The van der Waals surface area contributed by atoms with Crippen LogP contribution in [0, 0.1) is 5.82 Å². The Morgan fingerprint density at radius 3 is 2.94 bits per heavy atom. The lowest BCUT2D eigenvalue weighted by molar-refractivity contribution is 0.337. The van der Waals surface area contributed by atoms with Crippen LogP contribution >= 0.6 is 11.6 Å². The van der Waals surface area contributed by atoms with Crippen LogP contribution in [0.5, 0.6) is 0 Å². The second-order valence-corrected chi connectivity index (χ2v) is 4.50. The summed E-state index contributed by atoms with van der Waals surface area (Å²) in [5, 5.41) is 3.00. The Kier molecular flexibility index (Phi) is 4.50. The van der Waals surface area contributed by atoms with Crippen LogP contribution in [0.2, 0.25) is 5.28 Å². The Morgan fingerprint density at radius 2 is 2.18 bits per heavy atom. The Bertz CT molecular complexity index is 368. The number of rotatable bonds is 5. The summed E-state index contributed by atoms with van der Waals surface area (Å²) < 4.78 is 13.2. The SMILES string of the molecule is Fc1cnc(Cl)nc1NCCCN1CCCC1. The molecule has 0 radical (unpaired) electrons. The Labute approximate surface area is 105 Å². The van der Waals surface area contributed by atoms with E-state index in [1.807, 2.05) is 0 Å². The van der Waals surface area contributed by atoms with Gasteiger partial charge < -0.3 is 10.2 Å². The minimum Gasteiger partial charge on any atom is -0.367 e. The van der Waals surface area contributed by atoms with Crippen molar-refractivity contribution in [3.05, 3.63) is 17.3 Å². The number of nitrogens with zero attached hydrogens (tertiary/aromatic N) is 3. The van der Waals surface area contributed by atoms with E-state index in [2.05, 4.69) is 20.2 Å². The summed E-state index contributed by atoms with van der Waals surface area (Å²) in [5.74, 6) is -0.276. The van der Waals surface area contributed by atoms with Crippen molar-refractivity contribution in [1.29, 1.82) is 0 Å². The topological polar surface area (TPSA) is 41.1 Å². The van der Waals surface area contributed by atoms with E-state index in [-0.39, 0.29) is 11.1 Å². The van der Waals surface area contributed by atoms with E-state index in [1.165, 1.54) is 25.9 Å². The van der Waals surface area contributed by atoms with Gasteiger partial charge in [0.05, 0.1) is 6.20 Å². The maximum atomic E-state index is 13.2. The Hall–Kier alpha value is -0.940. The van der Waals surface area contributed by atoms with E-state index in [0.29, 0.717) is 6.54 Å². The molecule has 2 rings (SSSR count). The van der Waals surface area contributed by atoms with Gasteiger partial charge in [-0.2, -0.15) is 4.98 Å². The van der Waals surface area contributed by atoms with Gasteiger partial charge in [-0.05, 0) is 50.5 Å². The molecule has 1 saturated heterocycles. The van der Waals surface area contributed by atoms with Crippen molar-refractivity contribution in [2.75, 3.05) is 31.5 Å². The molecule has 1 aromatic rings. The van der Waals surface area contributed by atoms with Crippen molar-refractivity contribution < 1.29 is 4.39 Å². The van der Waals surface area contributed by atoms with E-state index >= 15 is 0 Å². The summed E-state index contributed by atoms with van der Waals surface area (Å²) in [6, 6.07) is 0. The van der Waals surface area contributed by atoms with Gasteiger partial charge >= 0.3 is 0 Å². The van der Waals surface area contributed by atoms with Crippen LogP contribution in [0.4, 0.5) is 10.2 Å². The van der Waals surface area contributed by atoms with Crippen molar-refractivity contribution in [3.63, 3.8) is 0 Å². The lowest BCUT2D eigenvalue weighted by Gasteiger charge is -2.14. The fourth-order valence-corrected chi connectivity index (χ4v) is 2.12. The molecule has 0 saturated carbocycles. The van der Waals surface area contributed by atoms with Gasteiger partial charge in [-0.3, -0.25) is 0 Å². The molecule has 17 heavy (non-hydrogen) atoms. The zero-order valence-electron chi connectivity index (χ0n) is 9.62. The number of likely N-dealkylation sites (tertiary alicyclic amines) is 1.